The van der Waals surface area contributed by atoms with Gasteiger partial charge in [-0.05, 0) is 25.7 Å². The monoisotopic (exact) mass is 279 g/mol. The van der Waals surface area contributed by atoms with Crippen molar-refractivity contribution >= 4 is 5.82 Å². The standard InChI is InChI=1S/C15H25N3O2/c1-3-7-16-13-11-14(20-10-9-19-8-4-2)18-15(17-13)12-5-6-12/h11-12H,3-10H2,1-2H3,(H,16,17,18). The van der Waals surface area contributed by atoms with E-state index in [1.54, 1.807) is 0 Å². The van der Waals surface area contributed by atoms with Crippen molar-refractivity contribution < 1.29 is 9.47 Å². The highest BCUT2D eigenvalue weighted by Gasteiger charge is 2.27. The first-order valence-corrected chi connectivity index (χ1v) is 7.66. The summed E-state index contributed by atoms with van der Waals surface area (Å²) < 4.78 is 11.1. The van der Waals surface area contributed by atoms with Crippen LogP contribution in [0.15, 0.2) is 6.07 Å². The van der Waals surface area contributed by atoms with Crippen LogP contribution in [0.1, 0.15) is 51.3 Å². The summed E-state index contributed by atoms with van der Waals surface area (Å²) in [4.78, 5) is 9.05. The Labute approximate surface area is 121 Å². The van der Waals surface area contributed by atoms with E-state index in [1.165, 1.54) is 12.8 Å². The highest BCUT2D eigenvalue weighted by Crippen LogP contribution is 2.39. The van der Waals surface area contributed by atoms with Crippen molar-refractivity contribution in [1.82, 2.24) is 9.97 Å². The maximum atomic E-state index is 5.68. The van der Waals surface area contributed by atoms with E-state index in [0.717, 1.165) is 37.6 Å². The molecule has 0 atom stereocenters. The molecule has 0 aliphatic heterocycles. The average Bonchev–Trinajstić information content (AvgIpc) is 3.29. The lowest BCUT2D eigenvalue weighted by Gasteiger charge is -2.10. The summed E-state index contributed by atoms with van der Waals surface area (Å²) in [6.07, 6.45) is 4.49. The van der Waals surface area contributed by atoms with Gasteiger partial charge in [-0.1, -0.05) is 13.8 Å². The van der Waals surface area contributed by atoms with Gasteiger partial charge in [-0.2, -0.15) is 4.98 Å². The summed E-state index contributed by atoms with van der Waals surface area (Å²) in [7, 11) is 0. The Kier molecular flexibility index (Phi) is 6.05. The molecule has 0 radical (unpaired) electrons. The molecule has 1 aliphatic rings. The molecule has 5 nitrogen and oxygen atoms in total. The van der Waals surface area contributed by atoms with E-state index in [-0.39, 0.29) is 0 Å². The van der Waals surface area contributed by atoms with E-state index >= 15 is 0 Å². The first-order chi connectivity index (χ1) is 9.83. The lowest BCUT2D eigenvalue weighted by molar-refractivity contribution is 0.0989. The molecule has 0 unspecified atom stereocenters. The molecule has 112 valence electrons. The third-order valence-electron chi connectivity index (χ3n) is 3.04. The number of nitrogens with one attached hydrogen (secondary N) is 1. The number of ether oxygens (including phenoxy) is 2. The molecule has 1 fully saturated rings. The molecule has 1 N–H and O–H groups in total. The largest absolute Gasteiger partial charge is 0.475 e. The van der Waals surface area contributed by atoms with Gasteiger partial charge in [0.05, 0.1) is 6.61 Å². The summed E-state index contributed by atoms with van der Waals surface area (Å²) in [6, 6.07) is 1.88. The smallest absolute Gasteiger partial charge is 0.218 e. The zero-order chi connectivity index (χ0) is 14.2. The summed E-state index contributed by atoms with van der Waals surface area (Å²) >= 11 is 0. The molecule has 0 bridgehead atoms. The number of nitrogens with zero attached hydrogens (tertiary/aromatic N) is 2. The van der Waals surface area contributed by atoms with Crippen LogP contribution in [0.4, 0.5) is 5.82 Å². The molecule has 0 amide bonds. The van der Waals surface area contributed by atoms with E-state index in [2.05, 4.69) is 29.1 Å². The quantitative estimate of drug-likeness (QED) is 0.667. The minimum absolute atomic E-state index is 0.525. The zero-order valence-electron chi connectivity index (χ0n) is 12.5. The molecule has 5 heteroatoms. The number of aromatic nitrogens is 2. The molecular formula is C15H25N3O2. The van der Waals surface area contributed by atoms with E-state index < -0.39 is 0 Å². The van der Waals surface area contributed by atoms with Gasteiger partial charge >= 0.3 is 0 Å². The second-order valence-electron chi connectivity index (χ2n) is 5.11. The second-order valence-corrected chi connectivity index (χ2v) is 5.11. The van der Waals surface area contributed by atoms with E-state index in [0.29, 0.717) is 25.0 Å². The third-order valence-corrected chi connectivity index (χ3v) is 3.04. The fourth-order valence-electron chi connectivity index (χ4n) is 1.84. The third kappa shape index (κ3) is 4.96. The Bertz CT molecular complexity index is 408. The summed E-state index contributed by atoms with van der Waals surface area (Å²) in [5, 5.41) is 3.31. The minimum Gasteiger partial charge on any atom is -0.475 e. The normalized spacial score (nSPS) is 14.3. The highest BCUT2D eigenvalue weighted by atomic mass is 16.5. The molecule has 1 saturated carbocycles. The van der Waals surface area contributed by atoms with Gasteiger partial charge in [-0.15, -0.1) is 0 Å². The lowest BCUT2D eigenvalue weighted by Crippen LogP contribution is -2.10. The molecular weight excluding hydrogens is 254 g/mol. The Balaban J connectivity index is 1.90. The molecule has 1 heterocycles. The average molecular weight is 279 g/mol. The van der Waals surface area contributed by atoms with Gasteiger partial charge in [-0.25, -0.2) is 4.98 Å². The van der Waals surface area contributed by atoms with Crippen LogP contribution in [0, 0.1) is 0 Å². The van der Waals surface area contributed by atoms with Gasteiger partial charge in [0, 0.05) is 25.1 Å². The van der Waals surface area contributed by atoms with Crippen LogP contribution in [0.2, 0.25) is 0 Å². The van der Waals surface area contributed by atoms with Crippen LogP contribution in [-0.2, 0) is 4.74 Å². The topological polar surface area (TPSA) is 56.3 Å². The zero-order valence-corrected chi connectivity index (χ0v) is 12.5. The summed E-state index contributed by atoms with van der Waals surface area (Å²) in [5.74, 6) is 2.96. The molecule has 0 aromatic carbocycles. The Morgan fingerprint density at radius 1 is 1.15 bits per heavy atom. The predicted octanol–water partition coefficient (Wildman–Crippen LogP) is 2.98. The Morgan fingerprint density at radius 2 is 2.00 bits per heavy atom. The number of rotatable bonds is 10. The van der Waals surface area contributed by atoms with Crippen LogP contribution < -0.4 is 10.1 Å². The van der Waals surface area contributed by atoms with Crippen LogP contribution in [0.3, 0.4) is 0 Å². The van der Waals surface area contributed by atoms with Crippen molar-refractivity contribution in [3.8, 4) is 5.88 Å². The van der Waals surface area contributed by atoms with Gasteiger partial charge in [0.25, 0.3) is 0 Å². The SMILES string of the molecule is CCCNc1cc(OCCOCCC)nc(C2CC2)n1. The summed E-state index contributed by atoms with van der Waals surface area (Å²) in [5.41, 5.74) is 0. The van der Waals surface area contributed by atoms with Crippen molar-refractivity contribution in [3.63, 3.8) is 0 Å². The number of anilines is 1. The maximum Gasteiger partial charge on any atom is 0.218 e. The molecule has 1 aliphatic carbocycles. The minimum atomic E-state index is 0.525. The van der Waals surface area contributed by atoms with Crippen molar-refractivity contribution in [2.75, 3.05) is 31.7 Å². The fraction of sp³-hybridized carbons (Fsp3) is 0.733. The second kappa shape index (κ2) is 8.04. The molecule has 1 aromatic heterocycles. The Hall–Kier alpha value is -1.36. The molecule has 2 rings (SSSR count). The van der Waals surface area contributed by atoms with Crippen molar-refractivity contribution in [1.29, 1.82) is 0 Å². The van der Waals surface area contributed by atoms with Crippen molar-refractivity contribution in [2.45, 2.75) is 45.4 Å². The first-order valence-electron chi connectivity index (χ1n) is 7.66. The van der Waals surface area contributed by atoms with Crippen LogP contribution in [-0.4, -0.2) is 36.3 Å². The lowest BCUT2D eigenvalue weighted by atomic mass is 10.4. The van der Waals surface area contributed by atoms with Gasteiger partial charge in [-0.3, -0.25) is 0 Å². The van der Waals surface area contributed by atoms with Gasteiger partial charge in [0.15, 0.2) is 0 Å². The highest BCUT2D eigenvalue weighted by molar-refractivity contribution is 5.39. The predicted molar refractivity (Wildman–Crippen MR) is 79.4 cm³/mol. The molecule has 1 aromatic rings. The van der Waals surface area contributed by atoms with E-state index in [9.17, 15) is 0 Å². The molecule has 0 saturated heterocycles. The van der Waals surface area contributed by atoms with E-state index in [1.807, 2.05) is 6.07 Å². The number of hydrogen-bond acceptors (Lipinski definition) is 5. The first kappa shape index (κ1) is 15.0. The van der Waals surface area contributed by atoms with Crippen LogP contribution in [0.5, 0.6) is 5.88 Å². The maximum absolute atomic E-state index is 5.68. The van der Waals surface area contributed by atoms with Crippen LogP contribution >= 0.6 is 0 Å². The Morgan fingerprint density at radius 3 is 2.70 bits per heavy atom. The van der Waals surface area contributed by atoms with Gasteiger partial charge in [0.2, 0.25) is 5.88 Å². The summed E-state index contributed by atoms with van der Waals surface area (Å²) in [6.45, 7) is 7.07. The van der Waals surface area contributed by atoms with Crippen LogP contribution in [0.25, 0.3) is 0 Å². The molecule has 20 heavy (non-hydrogen) atoms. The van der Waals surface area contributed by atoms with Gasteiger partial charge in [0.1, 0.15) is 18.2 Å². The fourth-order valence-corrected chi connectivity index (χ4v) is 1.84. The van der Waals surface area contributed by atoms with Gasteiger partial charge < -0.3 is 14.8 Å². The van der Waals surface area contributed by atoms with E-state index in [4.69, 9.17) is 9.47 Å². The van der Waals surface area contributed by atoms with Crippen molar-refractivity contribution in [2.24, 2.45) is 0 Å². The van der Waals surface area contributed by atoms with Crippen molar-refractivity contribution in [3.05, 3.63) is 11.9 Å². The molecule has 0 spiro atoms. The number of hydrogen-bond donors (Lipinski definition) is 1.